The standard InChI is InChI=1S/C5H6ClNO2S2/c6-3-4-5(1-2-10-4)11(7,8)9/h1-2H,3H2,(H2,7,8,9). The number of sulfonamides is 1. The molecule has 0 saturated carbocycles. The second-order valence-electron chi connectivity index (χ2n) is 1.89. The van der Waals surface area contributed by atoms with Crippen molar-refractivity contribution in [3.05, 3.63) is 16.3 Å². The lowest BCUT2D eigenvalue weighted by Gasteiger charge is -1.94. The Morgan fingerprint density at radius 3 is 2.64 bits per heavy atom. The summed E-state index contributed by atoms with van der Waals surface area (Å²) in [4.78, 5) is 0.728. The van der Waals surface area contributed by atoms with Gasteiger partial charge in [0.25, 0.3) is 0 Å². The first-order valence-electron chi connectivity index (χ1n) is 2.71. The summed E-state index contributed by atoms with van der Waals surface area (Å²) in [5.41, 5.74) is 0. The minimum absolute atomic E-state index is 0.137. The van der Waals surface area contributed by atoms with Gasteiger partial charge >= 0.3 is 0 Å². The van der Waals surface area contributed by atoms with E-state index in [4.69, 9.17) is 16.7 Å². The molecule has 0 amide bonds. The lowest BCUT2D eigenvalue weighted by Crippen LogP contribution is -2.12. The van der Waals surface area contributed by atoms with Crippen LogP contribution in [-0.4, -0.2) is 8.42 Å². The van der Waals surface area contributed by atoms with Crippen LogP contribution in [0.3, 0.4) is 0 Å². The van der Waals surface area contributed by atoms with E-state index in [0.29, 0.717) is 4.88 Å². The third-order valence-electron chi connectivity index (χ3n) is 1.13. The third-order valence-corrected chi connectivity index (χ3v) is 3.60. The number of hydrogen-bond acceptors (Lipinski definition) is 3. The third kappa shape index (κ3) is 1.93. The topological polar surface area (TPSA) is 60.2 Å². The van der Waals surface area contributed by atoms with Gasteiger partial charge in [0.05, 0.1) is 10.8 Å². The fourth-order valence-electron chi connectivity index (χ4n) is 0.680. The maximum absolute atomic E-state index is 10.8. The predicted molar refractivity (Wildman–Crippen MR) is 45.2 cm³/mol. The van der Waals surface area contributed by atoms with Gasteiger partial charge in [0, 0.05) is 4.88 Å². The van der Waals surface area contributed by atoms with Crippen LogP contribution in [0.1, 0.15) is 4.88 Å². The van der Waals surface area contributed by atoms with Crippen LogP contribution in [0.25, 0.3) is 0 Å². The summed E-state index contributed by atoms with van der Waals surface area (Å²) >= 11 is 6.76. The molecule has 0 aromatic carbocycles. The van der Waals surface area contributed by atoms with E-state index in [0.717, 1.165) is 0 Å². The largest absolute Gasteiger partial charge is 0.239 e. The second kappa shape index (κ2) is 3.10. The highest BCUT2D eigenvalue weighted by Crippen LogP contribution is 2.21. The number of thiophene rings is 1. The number of nitrogens with two attached hydrogens (primary N) is 1. The highest BCUT2D eigenvalue weighted by Gasteiger charge is 2.13. The Balaban J connectivity index is 3.24. The molecule has 2 N–H and O–H groups in total. The summed E-state index contributed by atoms with van der Waals surface area (Å²) < 4.78 is 21.6. The molecule has 62 valence electrons. The molecule has 1 aromatic rings. The average Bonchev–Trinajstić information content (AvgIpc) is 2.31. The van der Waals surface area contributed by atoms with Crippen LogP contribution in [0.5, 0.6) is 0 Å². The van der Waals surface area contributed by atoms with E-state index in [1.807, 2.05) is 0 Å². The Hall–Kier alpha value is -0.100. The first-order chi connectivity index (χ1) is 5.05. The maximum Gasteiger partial charge on any atom is 0.239 e. The molecular formula is C5H6ClNO2S2. The summed E-state index contributed by atoms with van der Waals surface area (Å²) in [5, 5.41) is 6.55. The molecular weight excluding hydrogens is 206 g/mol. The molecule has 0 spiro atoms. The van der Waals surface area contributed by atoms with E-state index in [2.05, 4.69) is 0 Å². The van der Waals surface area contributed by atoms with Crippen LogP contribution < -0.4 is 5.14 Å². The number of rotatable bonds is 2. The molecule has 0 aliphatic carbocycles. The lowest BCUT2D eigenvalue weighted by atomic mass is 10.5. The Labute approximate surface area is 73.8 Å². The van der Waals surface area contributed by atoms with Crippen molar-refractivity contribution in [3.63, 3.8) is 0 Å². The highest BCUT2D eigenvalue weighted by molar-refractivity contribution is 7.89. The van der Waals surface area contributed by atoms with Crippen LogP contribution >= 0.6 is 22.9 Å². The zero-order valence-corrected chi connectivity index (χ0v) is 7.84. The van der Waals surface area contributed by atoms with Gasteiger partial charge in [-0.15, -0.1) is 22.9 Å². The summed E-state index contributed by atoms with van der Waals surface area (Å²) in [6, 6.07) is 1.46. The first-order valence-corrected chi connectivity index (χ1v) is 5.67. The van der Waals surface area contributed by atoms with Crippen molar-refractivity contribution in [1.29, 1.82) is 0 Å². The van der Waals surface area contributed by atoms with Crippen LogP contribution in [0.2, 0.25) is 0 Å². The zero-order valence-electron chi connectivity index (χ0n) is 5.45. The van der Waals surface area contributed by atoms with Gasteiger partial charge in [-0.2, -0.15) is 0 Å². The first kappa shape index (κ1) is 8.99. The van der Waals surface area contributed by atoms with Crippen LogP contribution in [0.4, 0.5) is 0 Å². The summed E-state index contributed by atoms with van der Waals surface area (Å²) in [6.07, 6.45) is 0. The minimum atomic E-state index is -3.58. The van der Waals surface area contributed by atoms with Gasteiger partial charge in [-0.25, -0.2) is 13.6 Å². The maximum atomic E-state index is 10.8. The monoisotopic (exact) mass is 211 g/mol. The second-order valence-corrected chi connectivity index (χ2v) is 4.68. The molecule has 0 aliphatic rings. The quantitative estimate of drug-likeness (QED) is 0.746. The Kier molecular flexibility index (Phi) is 2.54. The van der Waals surface area contributed by atoms with Crippen LogP contribution in [-0.2, 0) is 15.9 Å². The molecule has 1 aromatic heterocycles. The van der Waals surface area contributed by atoms with E-state index >= 15 is 0 Å². The highest BCUT2D eigenvalue weighted by atomic mass is 35.5. The van der Waals surface area contributed by atoms with Gasteiger partial charge in [-0.3, -0.25) is 0 Å². The molecule has 1 rings (SSSR count). The van der Waals surface area contributed by atoms with Gasteiger partial charge in [0.2, 0.25) is 10.0 Å². The summed E-state index contributed by atoms with van der Waals surface area (Å²) in [6.45, 7) is 0. The smallest absolute Gasteiger partial charge is 0.225 e. The Morgan fingerprint density at radius 2 is 2.27 bits per heavy atom. The summed E-state index contributed by atoms with van der Waals surface area (Å²) in [7, 11) is -3.58. The number of alkyl halides is 1. The van der Waals surface area contributed by atoms with Crippen molar-refractivity contribution >= 4 is 33.0 Å². The van der Waals surface area contributed by atoms with Gasteiger partial charge in [-0.05, 0) is 11.4 Å². The van der Waals surface area contributed by atoms with E-state index in [1.54, 1.807) is 5.38 Å². The fraction of sp³-hybridized carbons (Fsp3) is 0.200. The van der Waals surface area contributed by atoms with E-state index in [9.17, 15) is 8.42 Å². The molecule has 0 bridgehead atoms. The fourth-order valence-corrected chi connectivity index (χ4v) is 2.93. The predicted octanol–water partition coefficient (Wildman–Crippen LogP) is 1.13. The Morgan fingerprint density at radius 1 is 1.64 bits per heavy atom. The van der Waals surface area contributed by atoms with Gasteiger partial charge in [0.15, 0.2) is 0 Å². The van der Waals surface area contributed by atoms with Crippen LogP contribution in [0.15, 0.2) is 16.3 Å². The van der Waals surface area contributed by atoms with E-state index in [-0.39, 0.29) is 10.8 Å². The summed E-state index contributed by atoms with van der Waals surface area (Å²) in [5.74, 6) is 0.184. The molecule has 0 fully saturated rings. The SMILES string of the molecule is NS(=O)(=O)c1ccsc1CCl. The molecule has 1 heterocycles. The number of primary sulfonamides is 1. The van der Waals surface area contributed by atoms with Crippen molar-refractivity contribution in [1.82, 2.24) is 0 Å². The zero-order chi connectivity index (χ0) is 8.48. The number of hydrogen-bond donors (Lipinski definition) is 1. The van der Waals surface area contributed by atoms with Gasteiger partial charge < -0.3 is 0 Å². The van der Waals surface area contributed by atoms with Crippen molar-refractivity contribution in [2.45, 2.75) is 10.8 Å². The lowest BCUT2D eigenvalue weighted by molar-refractivity contribution is 0.597. The molecule has 6 heteroatoms. The molecule has 0 unspecified atom stereocenters. The van der Waals surface area contributed by atoms with Gasteiger partial charge in [0.1, 0.15) is 0 Å². The van der Waals surface area contributed by atoms with Crippen molar-refractivity contribution in [3.8, 4) is 0 Å². The number of halogens is 1. The van der Waals surface area contributed by atoms with Crippen molar-refractivity contribution in [2.75, 3.05) is 0 Å². The van der Waals surface area contributed by atoms with E-state index in [1.165, 1.54) is 17.4 Å². The molecule has 0 atom stereocenters. The molecule has 0 saturated heterocycles. The normalized spacial score (nSPS) is 11.8. The molecule has 3 nitrogen and oxygen atoms in total. The van der Waals surface area contributed by atoms with Crippen LogP contribution in [0, 0.1) is 0 Å². The van der Waals surface area contributed by atoms with E-state index < -0.39 is 10.0 Å². The van der Waals surface area contributed by atoms with Crippen molar-refractivity contribution in [2.24, 2.45) is 5.14 Å². The minimum Gasteiger partial charge on any atom is -0.225 e. The molecule has 0 radical (unpaired) electrons. The van der Waals surface area contributed by atoms with Crippen molar-refractivity contribution < 1.29 is 8.42 Å². The molecule has 0 aliphatic heterocycles. The van der Waals surface area contributed by atoms with Gasteiger partial charge in [-0.1, -0.05) is 0 Å². The molecule has 11 heavy (non-hydrogen) atoms. The average molecular weight is 212 g/mol. The Bertz CT molecular complexity index is 343.